The van der Waals surface area contributed by atoms with E-state index in [0.717, 1.165) is 0 Å². The average molecular weight is 107 g/mol. The van der Waals surface area contributed by atoms with Crippen LogP contribution in [0.4, 0.5) is 0 Å². The van der Waals surface area contributed by atoms with Gasteiger partial charge < -0.3 is 0 Å². The van der Waals surface area contributed by atoms with Crippen molar-refractivity contribution in [1.82, 2.24) is 0 Å². The van der Waals surface area contributed by atoms with E-state index in [9.17, 15) is 0 Å². The Morgan fingerprint density at radius 2 is 2.40 bits per heavy atom. The summed E-state index contributed by atoms with van der Waals surface area (Å²) < 4.78 is 0. The molecule has 0 bridgehead atoms. The van der Waals surface area contributed by atoms with Crippen LogP contribution in [0.1, 0.15) is 0 Å². The van der Waals surface area contributed by atoms with E-state index in [2.05, 4.69) is 10.6 Å². The van der Waals surface area contributed by atoms with Gasteiger partial charge in [0, 0.05) is 5.38 Å². The van der Waals surface area contributed by atoms with Gasteiger partial charge in [-0.2, -0.15) is 0 Å². The number of rotatable bonds is 0. The maximum absolute atomic E-state index is 4.92. The summed E-state index contributed by atoms with van der Waals surface area (Å²) in [5, 5.41) is 4.75. The molecule has 0 aliphatic rings. The van der Waals surface area contributed by atoms with E-state index in [4.69, 9.17) is 11.6 Å². The quantitative estimate of drug-likeness (QED) is 0.422. The first-order valence-electron chi connectivity index (χ1n) is 1.05. The van der Waals surface area contributed by atoms with Gasteiger partial charge in [0.1, 0.15) is 0 Å². The SMILES string of the molecule is CSC#CCl. The molecular weight excluding hydrogens is 104 g/mol. The Morgan fingerprint density at radius 3 is 2.40 bits per heavy atom. The van der Waals surface area contributed by atoms with Crippen molar-refractivity contribution in [2.24, 2.45) is 0 Å². The summed E-state index contributed by atoms with van der Waals surface area (Å²) in [6.45, 7) is 0. The van der Waals surface area contributed by atoms with Crippen LogP contribution in [0.2, 0.25) is 0 Å². The summed E-state index contributed by atoms with van der Waals surface area (Å²) in [5.74, 6) is 0. The van der Waals surface area contributed by atoms with E-state index in [0.29, 0.717) is 0 Å². The van der Waals surface area contributed by atoms with Crippen LogP contribution in [-0.2, 0) is 0 Å². The molecule has 0 heterocycles. The van der Waals surface area contributed by atoms with Gasteiger partial charge in [-0.05, 0) is 23.1 Å². The van der Waals surface area contributed by atoms with Gasteiger partial charge in [-0.3, -0.25) is 0 Å². The van der Waals surface area contributed by atoms with Gasteiger partial charge >= 0.3 is 0 Å². The number of hydrogen-bond donors (Lipinski definition) is 0. The van der Waals surface area contributed by atoms with Crippen LogP contribution in [0.5, 0.6) is 0 Å². The first kappa shape index (κ1) is 5.20. The fourth-order valence-corrected chi connectivity index (χ4v) is 0.347. The van der Waals surface area contributed by atoms with E-state index in [1.54, 1.807) is 0 Å². The molecule has 0 saturated carbocycles. The molecule has 0 rings (SSSR count). The second-order valence-electron chi connectivity index (χ2n) is 0.401. The summed E-state index contributed by atoms with van der Waals surface area (Å²) in [6, 6.07) is 0. The molecule has 0 amide bonds. The number of thioether (sulfide) groups is 1. The zero-order valence-electron chi connectivity index (χ0n) is 2.79. The second-order valence-corrected chi connectivity index (χ2v) is 1.20. The molecule has 0 aliphatic carbocycles. The molecule has 0 radical (unpaired) electrons. The van der Waals surface area contributed by atoms with Crippen molar-refractivity contribution < 1.29 is 0 Å². The molecule has 0 N–H and O–H groups in total. The van der Waals surface area contributed by atoms with Gasteiger partial charge in [-0.1, -0.05) is 11.8 Å². The van der Waals surface area contributed by atoms with E-state index in [1.165, 1.54) is 11.8 Å². The third-order valence-corrected chi connectivity index (χ3v) is 0.653. The predicted octanol–water partition coefficient (Wildman–Crippen LogP) is 1.51. The van der Waals surface area contributed by atoms with E-state index < -0.39 is 0 Å². The van der Waals surface area contributed by atoms with Crippen LogP contribution in [0.25, 0.3) is 0 Å². The molecule has 0 aromatic heterocycles. The lowest BCUT2D eigenvalue weighted by atomic mass is 11.4. The maximum Gasteiger partial charge on any atom is 0.0162 e. The zero-order valence-corrected chi connectivity index (χ0v) is 4.36. The average Bonchev–Trinajstić information content (AvgIpc) is 1.41. The lowest BCUT2D eigenvalue weighted by Gasteiger charge is -1.56. The molecule has 0 atom stereocenters. The van der Waals surface area contributed by atoms with Crippen LogP contribution in [-0.4, -0.2) is 6.26 Å². The minimum absolute atomic E-state index is 1.41. The molecule has 0 aromatic carbocycles. The molecular formula is C3H3ClS. The predicted molar refractivity (Wildman–Crippen MR) is 27.1 cm³/mol. The van der Waals surface area contributed by atoms with Gasteiger partial charge in [-0.15, -0.1) is 0 Å². The Labute approximate surface area is 40.9 Å². The highest BCUT2D eigenvalue weighted by Crippen LogP contribution is 1.83. The number of hydrogen-bond acceptors (Lipinski definition) is 1. The zero-order chi connectivity index (χ0) is 4.12. The third kappa shape index (κ3) is 4.20. The largest absolute Gasteiger partial charge is 0.0773 e. The molecule has 5 heavy (non-hydrogen) atoms. The Bertz CT molecular complexity index is 59.0. The molecule has 0 nitrogen and oxygen atoms in total. The molecule has 0 spiro atoms. The van der Waals surface area contributed by atoms with Crippen LogP contribution in [0.3, 0.4) is 0 Å². The molecule has 0 aliphatic heterocycles. The minimum atomic E-state index is 1.41. The fraction of sp³-hybridized carbons (Fsp3) is 0.333. The molecule has 28 valence electrons. The second kappa shape index (κ2) is 4.20. The highest BCUT2D eigenvalue weighted by atomic mass is 35.5. The minimum Gasteiger partial charge on any atom is -0.0773 e. The number of halogens is 1. The maximum atomic E-state index is 4.92. The van der Waals surface area contributed by atoms with E-state index in [1.807, 2.05) is 6.26 Å². The smallest absolute Gasteiger partial charge is 0.0162 e. The summed E-state index contributed by atoms with van der Waals surface area (Å²) in [7, 11) is 0. The van der Waals surface area contributed by atoms with E-state index >= 15 is 0 Å². The topological polar surface area (TPSA) is 0 Å². The van der Waals surface area contributed by atoms with Crippen LogP contribution in [0.15, 0.2) is 0 Å². The van der Waals surface area contributed by atoms with Crippen LogP contribution in [0, 0.1) is 10.6 Å². The van der Waals surface area contributed by atoms with Gasteiger partial charge in [0.2, 0.25) is 0 Å². The summed E-state index contributed by atoms with van der Waals surface area (Å²) in [6.07, 6.45) is 1.87. The van der Waals surface area contributed by atoms with Gasteiger partial charge in [0.05, 0.1) is 0 Å². The lowest BCUT2D eigenvalue weighted by molar-refractivity contribution is 2.51. The summed E-state index contributed by atoms with van der Waals surface area (Å²) in [5.41, 5.74) is 0. The Morgan fingerprint density at radius 1 is 1.80 bits per heavy atom. The summed E-state index contributed by atoms with van der Waals surface area (Å²) in [4.78, 5) is 0. The highest BCUT2D eigenvalue weighted by molar-refractivity contribution is 8.03. The van der Waals surface area contributed by atoms with Crippen molar-refractivity contribution in [2.75, 3.05) is 6.26 Å². The van der Waals surface area contributed by atoms with Gasteiger partial charge in [0.25, 0.3) is 0 Å². The Balaban J connectivity index is 2.81. The van der Waals surface area contributed by atoms with Crippen LogP contribution < -0.4 is 0 Å². The highest BCUT2D eigenvalue weighted by Gasteiger charge is 1.50. The molecule has 0 aromatic rings. The molecule has 0 saturated heterocycles. The first-order chi connectivity index (χ1) is 2.41. The molecule has 2 heteroatoms. The van der Waals surface area contributed by atoms with Crippen molar-refractivity contribution in [1.29, 1.82) is 0 Å². The first-order valence-corrected chi connectivity index (χ1v) is 2.65. The Kier molecular flexibility index (Phi) is 4.37. The van der Waals surface area contributed by atoms with Crippen LogP contribution >= 0.6 is 23.4 Å². The summed E-state index contributed by atoms with van der Waals surface area (Å²) >= 11 is 6.33. The molecule has 0 unspecified atom stereocenters. The van der Waals surface area contributed by atoms with Crippen molar-refractivity contribution in [3.8, 4) is 10.6 Å². The fourth-order valence-electron chi connectivity index (χ4n) is 0.0386. The van der Waals surface area contributed by atoms with Crippen molar-refractivity contribution in [3.05, 3.63) is 0 Å². The lowest BCUT2D eigenvalue weighted by Crippen LogP contribution is -1.32. The van der Waals surface area contributed by atoms with Crippen molar-refractivity contribution in [3.63, 3.8) is 0 Å². The third-order valence-electron chi connectivity index (χ3n) is 0.141. The Hall–Kier alpha value is 0.200. The van der Waals surface area contributed by atoms with E-state index in [-0.39, 0.29) is 0 Å². The van der Waals surface area contributed by atoms with Gasteiger partial charge in [0.15, 0.2) is 0 Å². The molecule has 0 fully saturated rings. The van der Waals surface area contributed by atoms with Crippen molar-refractivity contribution >= 4 is 23.4 Å². The normalized spacial score (nSPS) is 5.20. The monoisotopic (exact) mass is 106 g/mol. The standard InChI is InChI=1S/C3H3ClS/c1-5-3-2-4/h1H3. The van der Waals surface area contributed by atoms with Crippen molar-refractivity contribution in [2.45, 2.75) is 0 Å². The van der Waals surface area contributed by atoms with Gasteiger partial charge in [-0.25, -0.2) is 0 Å².